The zero-order valence-electron chi connectivity index (χ0n) is 10.1. The lowest BCUT2D eigenvalue weighted by Gasteiger charge is -2.37. The quantitative estimate of drug-likeness (QED) is 0.646. The molecule has 0 aromatic carbocycles. The number of hydrogen-bond acceptors (Lipinski definition) is 3. The van der Waals surface area contributed by atoms with Crippen molar-refractivity contribution in [1.29, 1.82) is 5.26 Å². The average Bonchev–Trinajstić information content (AvgIpc) is 2.29. The Bertz CT molecular complexity index is 201. The Morgan fingerprint density at radius 2 is 1.93 bits per heavy atom. The summed E-state index contributed by atoms with van der Waals surface area (Å²) >= 11 is 0. The van der Waals surface area contributed by atoms with Crippen molar-refractivity contribution in [3.8, 4) is 6.07 Å². The Balaban J connectivity index is 2.15. The van der Waals surface area contributed by atoms with Crippen LogP contribution in [0.4, 0.5) is 0 Å². The van der Waals surface area contributed by atoms with Gasteiger partial charge >= 0.3 is 0 Å². The van der Waals surface area contributed by atoms with Gasteiger partial charge in [0, 0.05) is 38.6 Å². The molecule has 0 spiro atoms. The largest absolute Gasteiger partial charge is 0.301 e. The van der Waals surface area contributed by atoms with Crippen LogP contribution in [-0.2, 0) is 0 Å². The molecule has 86 valence electrons. The van der Waals surface area contributed by atoms with Gasteiger partial charge in [-0.15, -0.1) is 0 Å². The lowest BCUT2D eigenvalue weighted by molar-refractivity contribution is 0.100. The number of piperazine rings is 1. The highest BCUT2D eigenvalue weighted by atomic mass is 15.3. The molecule has 0 amide bonds. The first-order chi connectivity index (χ1) is 7.27. The molecule has 0 bridgehead atoms. The molecule has 15 heavy (non-hydrogen) atoms. The maximum Gasteiger partial charge on any atom is 0.0622 e. The number of nitrogens with zero attached hydrogens (tertiary/aromatic N) is 3. The Labute approximate surface area is 93.7 Å². The summed E-state index contributed by atoms with van der Waals surface area (Å²) in [6.45, 7) is 10.4. The molecular formula is C12H23N3. The number of hydrogen-bond donors (Lipinski definition) is 0. The van der Waals surface area contributed by atoms with Gasteiger partial charge in [-0.05, 0) is 26.3 Å². The van der Waals surface area contributed by atoms with E-state index in [-0.39, 0.29) is 0 Å². The van der Waals surface area contributed by atoms with Gasteiger partial charge in [0.05, 0.1) is 6.07 Å². The predicted octanol–water partition coefficient (Wildman–Crippen LogP) is 1.71. The molecule has 1 heterocycles. The summed E-state index contributed by atoms with van der Waals surface area (Å²) in [7, 11) is 0. The van der Waals surface area contributed by atoms with E-state index in [0.717, 1.165) is 19.0 Å². The van der Waals surface area contributed by atoms with E-state index in [1.807, 2.05) is 0 Å². The maximum absolute atomic E-state index is 8.47. The van der Waals surface area contributed by atoms with Crippen LogP contribution in [0.15, 0.2) is 0 Å². The summed E-state index contributed by atoms with van der Waals surface area (Å²) in [5.41, 5.74) is 0. The van der Waals surface area contributed by atoms with Crippen LogP contribution >= 0.6 is 0 Å². The van der Waals surface area contributed by atoms with Crippen LogP contribution in [0.25, 0.3) is 0 Å². The van der Waals surface area contributed by atoms with E-state index < -0.39 is 0 Å². The lowest BCUT2D eigenvalue weighted by atomic mass is 10.2. The first-order valence-electron chi connectivity index (χ1n) is 6.11. The van der Waals surface area contributed by atoms with Crippen molar-refractivity contribution >= 4 is 0 Å². The predicted molar refractivity (Wildman–Crippen MR) is 62.6 cm³/mol. The summed E-state index contributed by atoms with van der Waals surface area (Å²) in [6, 6.07) is 2.93. The van der Waals surface area contributed by atoms with E-state index in [9.17, 15) is 0 Å². The first kappa shape index (κ1) is 12.5. The second-order valence-electron chi connectivity index (χ2n) is 4.40. The molecular weight excluding hydrogens is 186 g/mol. The Hall–Kier alpha value is -0.590. The van der Waals surface area contributed by atoms with Gasteiger partial charge < -0.3 is 4.90 Å². The topological polar surface area (TPSA) is 30.3 Å². The summed E-state index contributed by atoms with van der Waals surface area (Å²) in [4.78, 5) is 5.05. The van der Waals surface area contributed by atoms with Gasteiger partial charge in [-0.2, -0.15) is 5.26 Å². The first-order valence-corrected chi connectivity index (χ1v) is 6.11. The van der Waals surface area contributed by atoms with E-state index in [2.05, 4.69) is 29.7 Å². The van der Waals surface area contributed by atoms with Crippen molar-refractivity contribution in [3.63, 3.8) is 0 Å². The van der Waals surface area contributed by atoms with Crippen LogP contribution in [0.5, 0.6) is 0 Å². The molecule has 1 fully saturated rings. The highest BCUT2D eigenvalue weighted by Crippen LogP contribution is 2.09. The summed E-state index contributed by atoms with van der Waals surface area (Å²) in [5, 5.41) is 8.47. The van der Waals surface area contributed by atoms with Gasteiger partial charge in [-0.25, -0.2) is 0 Å². The van der Waals surface area contributed by atoms with Gasteiger partial charge in [0.25, 0.3) is 0 Å². The van der Waals surface area contributed by atoms with Crippen LogP contribution in [0, 0.1) is 11.3 Å². The third-order valence-corrected chi connectivity index (χ3v) is 3.38. The minimum atomic E-state index is 0.700. The van der Waals surface area contributed by atoms with Crippen molar-refractivity contribution in [2.45, 2.75) is 39.2 Å². The summed E-state index contributed by atoms with van der Waals surface area (Å²) < 4.78 is 0. The van der Waals surface area contributed by atoms with E-state index in [4.69, 9.17) is 5.26 Å². The van der Waals surface area contributed by atoms with Crippen LogP contribution < -0.4 is 0 Å². The minimum Gasteiger partial charge on any atom is -0.301 e. The molecule has 0 aliphatic carbocycles. The molecule has 3 heteroatoms. The zero-order chi connectivity index (χ0) is 11.1. The lowest BCUT2D eigenvalue weighted by Crippen LogP contribution is -2.49. The van der Waals surface area contributed by atoms with Crippen molar-refractivity contribution < 1.29 is 0 Å². The summed E-state index contributed by atoms with van der Waals surface area (Å²) in [6.07, 6.45) is 2.97. The second kappa shape index (κ2) is 6.81. The van der Waals surface area contributed by atoms with Crippen LogP contribution in [-0.4, -0.2) is 48.6 Å². The molecule has 1 saturated heterocycles. The average molecular weight is 209 g/mol. The molecule has 1 unspecified atom stereocenters. The van der Waals surface area contributed by atoms with Gasteiger partial charge in [-0.3, -0.25) is 4.90 Å². The van der Waals surface area contributed by atoms with Crippen molar-refractivity contribution in [3.05, 3.63) is 0 Å². The standard InChI is InChI=1S/C12H23N3/c1-3-12(2)15-10-8-14(9-11-15)7-5-4-6-13/h12H,3-5,7-11H2,1-2H3. The maximum atomic E-state index is 8.47. The molecule has 0 saturated carbocycles. The number of nitriles is 1. The van der Waals surface area contributed by atoms with Crippen LogP contribution in [0.2, 0.25) is 0 Å². The normalized spacial score (nSPS) is 21.1. The fourth-order valence-corrected chi connectivity index (χ4v) is 2.07. The van der Waals surface area contributed by atoms with Crippen molar-refractivity contribution in [2.75, 3.05) is 32.7 Å². The molecule has 1 aliphatic rings. The molecule has 3 nitrogen and oxygen atoms in total. The number of rotatable bonds is 5. The highest BCUT2D eigenvalue weighted by Gasteiger charge is 2.19. The van der Waals surface area contributed by atoms with Gasteiger partial charge in [0.15, 0.2) is 0 Å². The monoisotopic (exact) mass is 209 g/mol. The smallest absolute Gasteiger partial charge is 0.0622 e. The molecule has 1 aliphatic heterocycles. The molecule has 0 aromatic heterocycles. The molecule has 0 N–H and O–H groups in total. The SMILES string of the molecule is CCC(C)N1CCN(CCCC#N)CC1. The fraction of sp³-hybridized carbons (Fsp3) is 0.917. The molecule has 0 aromatic rings. The van der Waals surface area contributed by atoms with E-state index in [1.165, 1.54) is 32.6 Å². The van der Waals surface area contributed by atoms with E-state index >= 15 is 0 Å². The zero-order valence-corrected chi connectivity index (χ0v) is 10.1. The van der Waals surface area contributed by atoms with Crippen LogP contribution in [0.1, 0.15) is 33.1 Å². The third kappa shape index (κ3) is 4.19. The van der Waals surface area contributed by atoms with Gasteiger partial charge in [-0.1, -0.05) is 6.92 Å². The van der Waals surface area contributed by atoms with Crippen molar-refractivity contribution in [1.82, 2.24) is 9.80 Å². The Morgan fingerprint density at radius 1 is 1.27 bits per heavy atom. The molecule has 0 radical (unpaired) electrons. The van der Waals surface area contributed by atoms with Gasteiger partial charge in [0.2, 0.25) is 0 Å². The third-order valence-electron chi connectivity index (χ3n) is 3.38. The molecule has 1 rings (SSSR count). The fourth-order valence-electron chi connectivity index (χ4n) is 2.07. The highest BCUT2D eigenvalue weighted by molar-refractivity contribution is 4.77. The minimum absolute atomic E-state index is 0.700. The number of unbranched alkanes of at least 4 members (excludes halogenated alkanes) is 1. The van der Waals surface area contributed by atoms with E-state index in [1.54, 1.807) is 0 Å². The van der Waals surface area contributed by atoms with E-state index in [0.29, 0.717) is 6.42 Å². The van der Waals surface area contributed by atoms with Gasteiger partial charge in [0.1, 0.15) is 0 Å². The summed E-state index contributed by atoms with van der Waals surface area (Å²) in [5.74, 6) is 0. The molecule has 1 atom stereocenters. The van der Waals surface area contributed by atoms with Crippen molar-refractivity contribution in [2.24, 2.45) is 0 Å². The Morgan fingerprint density at radius 3 is 2.47 bits per heavy atom. The Kier molecular flexibility index (Phi) is 5.67. The second-order valence-corrected chi connectivity index (χ2v) is 4.40. The van der Waals surface area contributed by atoms with Crippen LogP contribution in [0.3, 0.4) is 0 Å².